The lowest BCUT2D eigenvalue weighted by atomic mass is 10.3. The van der Waals surface area contributed by atoms with Crippen molar-refractivity contribution in [2.45, 2.75) is 4.90 Å². The summed E-state index contributed by atoms with van der Waals surface area (Å²) in [6.45, 7) is -0.442. The molecule has 0 aromatic heterocycles. The molecule has 0 saturated heterocycles. The first-order chi connectivity index (χ1) is 9.57. The van der Waals surface area contributed by atoms with Crippen LogP contribution in [0.2, 0.25) is 0 Å². The highest BCUT2D eigenvalue weighted by Crippen LogP contribution is 2.25. The molecule has 118 valence electrons. The maximum absolute atomic E-state index is 12.0. The van der Waals surface area contributed by atoms with Crippen molar-refractivity contribution in [2.75, 3.05) is 17.7 Å². The Kier molecular flexibility index (Phi) is 5.19. The van der Waals surface area contributed by atoms with Gasteiger partial charge in [0, 0.05) is 18.7 Å². The average Bonchev–Trinajstić information content (AvgIpc) is 2.35. The number of nitro benzene ring substituents is 1. The largest absolute Gasteiger partial charge is 0.323 e. The third kappa shape index (κ3) is 4.91. The molecule has 0 bridgehead atoms. The van der Waals surface area contributed by atoms with Crippen LogP contribution in [-0.2, 0) is 20.0 Å². The number of nitro groups is 1. The summed E-state index contributed by atoms with van der Waals surface area (Å²) in [5.74, 6) is 4.54. The minimum Gasteiger partial charge on any atom is -0.323 e. The zero-order valence-corrected chi connectivity index (χ0v) is 12.1. The van der Waals surface area contributed by atoms with Crippen molar-refractivity contribution in [3.63, 3.8) is 0 Å². The second kappa shape index (κ2) is 6.31. The highest BCUT2D eigenvalue weighted by atomic mass is 32.2. The molecule has 6 N–H and O–H groups in total. The number of non-ortho nitro benzene ring substituents is 1. The Hall–Kier alpha value is -1.80. The number of primary sulfonamides is 1. The van der Waals surface area contributed by atoms with Gasteiger partial charge in [-0.05, 0) is 6.07 Å². The number of nitrogens with zero attached hydrogens (tertiary/aromatic N) is 1. The van der Waals surface area contributed by atoms with Crippen molar-refractivity contribution in [1.29, 1.82) is 0 Å². The zero-order valence-electron chi connectivity index (χ0n) is 10.5. The van der Waals surface area contributed by atoms with Gasteiger partial charge in [0.15, 0.2) is 0 Å². The summed E-state index contributed by atoms with van der Waals surface area (Å²) in [7, 11) is -7.92. The molecule has 0 aliphatic heterocycles. The van der Waals surface area contributed by atoms with Gasteiger partial charge in [-0.25, -0.2) is 26.7 Å². The van der Waals surface area contributed by atoms with E-state index in [1.165, 1.54) is 0 Å². The summed E-state index contributed by atoms with van der Waals surface area (Å²) >= 11 is 0. The van der Waals surface area contributed by atoms with Gasteiger partial charge in [-0.2, -0.15) is 0 Å². The maximum Gasteiger partial charge on any atom is 0.271 e. The number of hydrazine groups is 1. The molecule has 1 aromatic rings. The molecular weight excluding hydrogens is 326 g/mol. The van der Waals surface area contributed by atoms with Gasteiger partial charge in [-0.1, -0.05) is 0 Å². The van der Waals surface area contributed by atoms with Crippen LogP contribution in [0.4, 0.5) is 11.4 Å². The smallest absolute Gasteiger partial charge is 0.271 e. The summed E-state index contributed by atoms with van der Waals surface area (Å²) in [5.41, 5.74) is 1.48. The molecule has 0 radical (unpaired) electrons. The summed E-state index contributed by atoms with van der Waals surface area (Å²) in [5, 5.41) is 15.3. The number of nitrogens with one attached hydrogen (secondary N) is 2. The Bertz CT molecular complexity index is 744. The zero-order chi connectivity index (χ0) is 16.3. The Morgan fingerprint density at radius 2 is 1.86 bits per heavy atom. The number of nitrogens with two attached hydrogens (primary N) is 2. The van der Waals surface area contributed by atoms with E-state index in [2.05, 4.69) is 0 Å². The Morgan fingerprint density at radius 1 is 1.24 bits per heavy atom. The first kappa shape index (κ1) is 17.3. The highest BCUT2D eigenvalue weighted by Gasteiger charge is 2.21. The number of benzene rings is 1. The van der Waals surface area contributed by atoms with Crippen molar-refractivity contribution in [3.8, 4) is 0 Å². The van der Waals surface area contributed by atoms with Crippen LogP contribution in [0, 0.1) is 10.1 Å². The van der Waals surface area contributed by atoms with E-state index in [1.807, 2.05) is 10.1 Å². The van der Waals surface area contributed by atoms with E-state index >= 15 is 0 Å². The van der Waals surface area contributed by atoms with Crippen LogP contribution in [0.25, 0.3) is 0 Å². The first-order valence-corrected chi connectivity index (χ1v) is 8.52. The van der Waals surface area contributed by atoms with Crippen LogP contribution < -0.4 is 21.1 Å². The molecule has 1 rings (SSSR count). The van der Waals surface area contributed by atoms with Crippen molar-refractivity contribution in [1.82, 2.24) is 4.72 Å². The predicted molar refractivity (Wildman–Crippen MR) is 74.1 cm³/mol. The van der Waals surface area contributed by atoms with Gasteiger partial charge in [0.05, 0.1) is 16.4 Å². The monoisotopic (exact) mass is 339 g/mol. The van der Waals surface area contributed by atoms with Gasteiger partial charge in [-0.3, -0.25) is 16.0 Å². The van der Waals surface area contributed by atoms with E-state index in [4.69, 9.17) is 11.0 Å². The lowest BCUT2D eigenvalue weighted by Gasteiger charge is -2.10. The molecule has 0 saturated carbocycles. The molecule has 11 nitrogen and oxygen atoms in total. The van der Waals surface area contributed by atoms with E-state index < -0.39 is 37.3 Å². The van der Waals surface area contributed by atoms with Gasteiger partial charge in [0.1, 0.15) is 4.90 Å². The fourth-order valence-electron chi connectivity index (χ4n) is 1.37. The fourth-order valence-corrected chi connectivity index (χ4v) is 3.07. The van der Waals surface area contributed by atoms with E-state index in [-0.39, 0.29) is 16.3 Å². The number of nitrogen functional groups attached to an aromatic ring is 1. The van der Waals surface area contributed by atoms with Gasteiger partial charge in [0.2, 0.25) is 20.0 Å². The van der Waals surface area contributed by atoms with Crippen LogP contribution in [-0.4, -0.2) is 34.1 Å². The van der Waals surface area contributed by atoms with Crippen molar-refractivity contribution >= 4 is 31.4 Å². The minimum absolute atomic E-state index is 0.202. The first-order valence-electron chi connectivity index (χ1n) is 5.32. The fraction of sp³-hybridized carbons (Fsp3) is 0.250. The normalized spacial score (nSPS) is 12.1. The molecule has 0 aliphatic carbocycles. The van der Waals surface area contributed by atoms with E-state index in [9.17, 15) is 26.9 Å². The molecule has 0 spiro atoms. The lowest BCUT2D eigenvalue weighted by Crippen LogP contribution is -2.32. The van der Waals surface area contributed by atoms with Gasteiger partial charge in [-0.15, -0.1) is 0 Å². The molecule has 0 heterocycles. The summed E-state index contributed by atoms with van der Waals surface area (Å²) in [6, 6.07) is 2.90. The molecule has 0 unspecified atom stereocenters. The van der Waals surface area contributed by atoms with Crippen molar-refractivity contribution in [2.24, 2.45) is 11.0 Å². The number of rotatable bonds is 7. The third-order valence-electron chi connectivity index (χ3n) is 2.30. The van der Waals surface area contributed by atoms with Crippen LogP contribution in [0.3, 0.4) is 0 Å². The van der Waals surface area contributed by atoms with Gasteiger partial charge >= 0.3 is 0 Å². The predicted octanol–water partition coefficient (Wildman–Crippen LogP) is -1.55. The maximum atomic E-state index is 12.0. The average molecular weight is 339 g/mol. The number of hydrogen-bond acceptors (Lipinski definition) is 8. The van der Waals surface area contributed by atoms with Crippen molar-refractivity contribution < 1.29 is 21.8 Å². The van der Waals surface area contributed by atoms with Gasteiger partial charge in [0.25, 0.3) is 5.69 Å². The summed E-state index contributed by atoms with van der Waals surface area (Å²) < 4.78 is 47.4. The van der Waals surface area contributed by atoms with Crippen LogP contribution in [0.15, 0.2) is 23.1 Å². The van der Waals surface area contributed by atoms with Crippen LogP contribution in [0.1, 0.15) is 0 Å². The molecular formula is C8H13N5O6S2. The molecule has 0 fully saturated rings. The van der Waals surface area contributed by atoms with Crippen LogP contribution in [0.5, 0.6) is 0 Å². The Labute approximate surface area is 120 Å². The van der Waals surface area contributed by atoms with E-state index in [0.717, 1.165) is 18.2 Å². The summed E-state index contributed by atoms with van der Waals surface area (Å²) in [6.07, 6.45) is 0. The third-order valence-corrected chi connectivity index (χ3v) is 4.59. The Balaban J connectivity index is 3.05. The lowest BCUT2D eigenvalue weighted by molar-refractivity contribution is -0.384. The van der Waals surface area contributed by atoms with Crippen molar-refractivity contribution in [3.05, 3.63) is 28.3 Å². The number of sulfonamides is 2. The molecule has 21 heavy (non-hydrogen) atoms. The molecule has 0 atom stereocenters. The highest BCUT2D eigenvalue weighted by molar-refractivity contribution is 7.90. The molecule has 13 heteroatoms. The second-order valence-corrected chi connectivity index (χ2v) is 7.32. The molecule has 1 aromatic carbocycles. The number of hydrogen-bond donors (Lipinski definition) is 4. The van der Waals surface area contributed by atoms with E-state index in [0.29, 0.717) is 0 Å². The minimum atomic E-state index is -4.10. The Morgan fingerprint density at radius 3 is 2.33 bits per heavy atom. The second-order valence-electron chi connectivity index (χ2n) is 3.85. The number of anilines is 1. The van der Waals surface area contributed by atoms with E-state index in [1.54, 1.807) is 0 Å². The molecule has 0 amide bonds. The SMILES string of the molecule is NNc1cc([N+](=O)[O-])ccc1S(=O)(=O)NCCS(N)(=O)=O. The van der Waals surface area contributed by atoms with Gasteiger partial charge < -0.3 is 5.43 Å². The summed E-state index contributed by atoms with van der Waals surface area (Å²) in [4.78, 5) is 9.53. The quantitative estimate of drug-likeness (QED) is 0.261. The topological polar surface area (TPSA) is 188 Å². The van der Waals surface area contributed by atoms with Crippen LogP contribution >= 0.6 is 0 Å². The molecule has 0 aliphatic rings. The standard InChI is InChI=1S/C8H13N5O6S2/c9-12-7-5-6(13(14)15)1-2-8(7)21(18,19)11-3-4-20(10,16)17/h1-2,5,11-12H,3-4,9H2,(H2,10,16,17).